The van der Waals surface area contributed by atoms with E-state index in [1.54, 1.807) is 0 Å². The minimum atomic E-state index is -3.05. The van der Waals surface area contributed by atoms with E-state index in [2.05, 4.69) is 0 Å². The summed E-state index contributed by atoms with van der Waals surface area (Å²) in [4.78, 5) is 0. The lowest BCUT2D eigenvalue weighted by Crippen LogP contribution is -2.36. The van der Waals surface area contributed by atoms with Gasteiger partial charge in [0.25, 0.3) is 0 Å². The van der Waals surface area contributed by atoms with Gasteiger partial charge in [0.15, 0.2) is 0 Å². The number of rotatable bonds is 4. The molecule has 0 bridgehead atoms. The van der Waals surface area contributed by atoms with E-state index < -0.39 is 10.0 Å². The molecule has 0 aliphatic heterocycles. The van der Waals surface area contributed by atoms with Gasteiger partial charge in [-0.3, -0.25) is 0 Å². The van der Waals surface area contributed by atoms with E-state index in [0.717, 1.165) is 0 Å². The van der Waals surface area contributed by atoms with Gasteiger partial charge >= 0.3 is 0 Å². The van der Waals surface area contributed by atoms with Crippen molar-refractivity contribution in [3.63, 3.8) is 0 Å². The average molecular weight is 207 g/mol. The molecule has 13 heavy (non-hydrogen) atoms. The lowest BCUT2D eigenvalue weighted by molar-refractivity contribution is 0.409. The second-order valence-electron chi connectivity index (χ2n) is 4.40. The van der Waals surface area contributed by atoms with Gasteiger partial charge in [-0.05, 0) is 5.41 Å². The van der Waals surface area contributed by atoms with Crippen LogP contribution in [0.4, 0.5) is 0 Å². The molecule has 0 fully saturated rings. The highest BCUT2D eigenvalue weighted by Gasteiger charge is 2.25. The number of hydrogen-bond acceptors (Lipinski definition) is 2. The topological polar surface area (TPSA) is 37.4 Å². The smallest absolute Gasteiger partial charge is 0.212 e. The van der Waals surface area contributed by atoms with Gasteiger partial charge < -0.3 is 0 Å². The van der Waals surface area contributed by atoms with Gasteiger partial charge in [0, 0.05) is 13.1 Å². The Labute approximate surface area is 82.2 Å². The molecule has 3 nitrogen and oxygen atoms in total. The molecule has 0 saturated heterocycles. The van der Waals surface area contributed by atoms with Gasteiger partial charge in [0.05, 0.1) is 5.75 Å². The van der Waals surface area contributed by atoms with E-state index in [0.29, 0.717) is 13.1 Å². The first-order valence-corrected chi connectivity index (χ1v) is 6.31. The largest absolute Gasteiger partial charge is 0.214 e. The monoisotopic (exact) mass is 207 g/mol. The third-order valence-electron chi connectivity index (χ3n) is 1.71. The van der Waals surface area contributed by atoms with E-state index in [-0.39, 0.29) is 11.2 Å². The summed E-state index contributed by atoms with van der Waals surface area (Å²) in [5.41, 5.74) is -0.165. The standard InChI is InChI=1S/C9H21NO2S/c1-6-10(7-2)13(11,12)8-9(3,4)5/h6-8H2,1-5H3. The van der Waals surface area contributed by atoms with E-state index in [1.807, 2.05) is 34.6 Å². The second kappa shape index (κ2) is 4.42. The van der Waals surface area contributed by atoms with Crippen LogP contribution in [-0.2, 0) is 10.0 Å². The van der Waals surface area contributed by atoms with Crippen molar-refractivity contribution in [1.82, 2.24) is 4.31 Å². The molecule has 0 aromatic carbocycles. The third-order valence-corrected chi connectivity index (χ3v) is 4.25. The Morgan fingerprint density at radius 2 is 1.46 bits per heavy atom. The summed E-state index contributed by atoms with van der Waals surface area (Å²) in [6.07, 6.45) is 0. The molecule has 0 saturated carbocycles. The first-order valence-electron chi connectivity index (χ1n) is 4.70. The van der Waals surface area contributed by atoms with Crippen molar-refractivity contribution in [2.24, 2.45) is 5.41 Å². The second-order valence-corrected chi connectivity index (χ2v) is 6.37. The molecule has 4 heteroatoms. The first-order chi connectivity index (χ1) is 5.73. The normalized spacial score (nSPS) is 13.7. The first kappa shape index (κ1) is 12.9. The average Bonchev–Trinajstić information content (AvgIpc) is 1.83. The van der Waals surface area contributed by atoms with E-state index in [1.165, 1.54) is 4.31 Å². The van der Waals surface area contributed by atoms with Gasteiger partial charge in [-0.25, -0.2) is 12.7 Å². The van der Waals surface area contributed by atoms with Crippen molar-refractivity contribution in [2.75, 3.05) is 18.8 Å². The molecule has 0 radical (unpaired) electrons. The molecule has 0 aliphatic carbocycles. The maximum Gasteiger partial charge on any atom is 0.214 e. The van der Waals surface area contributed by atoms with Gasteiger partial charge in [0.2, 0.25) is 10.0 Å². The van der Waals surface area contributed by atoms with Crippen LogP contribution < -0.4 is 0 Å². The highest BCUT2D eigenvalue weighted by atomic mass is 32.2. The van der Waals surface area contributed by atoms with Gasteiger partial charge in [-0.1, -0.05) is 34.6 Å². The van der Waals surface area contributed by atoms with Crippen molar-refractivity contribution in [3.05, 3.63) is 0 Å². The van der Waals surface area contributed by atoms with E-state index in [9.17, 15) is 8.42 Å². The Balaban J connectivity index is 4.58. The Kier molecular flexibility index (Phi) is 4.39. The van der Waals surface area contributed by atoms with Gasteiger partial charge in [-0.2, -0.15) is 0 Å². The van der Waals surface area contributed by atoms with Crippen molar-refractivity contribution in [1.29, 1.82) is 0 Å². The molecule has 0 aliphatic rings. The molecular weight excluding hydrogens is 186 g/mol. The van der Waals surface area contributed by atoms with Crippen molar-refractivity contribution in [3.8, 4) is 0 Å². The van der Waals surface area contributed by atoms with Crippen LogP contribution in [0.5, 0.6) is 0 Å². The van der Waals surface area contributed by atoms with Crippen LogP contribution in [0.25, 0.3) is 0 Å². The fraction of sp³-hybridized carbons (Fsp3) is 1.00. The predicted molar refractivity (Wildman–Crippen MR) is 56.2 cm³/mol. The van der Waals surface area contributed by atoms with E-state index >= 15 is 0 Å². The summed E-state index contributed by atoms with van der Waals surface area (Å²) in [7, 11) is -3.05. The zero-order valence-corrected chi connectivity index (χ0v) is 10.1. The third kappa shape index (κ3) is 4.62. The quantitative estimate of drug-likeness (QED) is 0.703. The van der Waals surface area contributed by atoms with Crippen molar-refractivity contribution in [2.45, 2.75) is 34.6 Å². The molecular formula is C9H21NO2S. The molecule has 0 atom stereocenters. The molecule has 0 aromatic rings. The van der Waals surface area contributed by atoms with Crippen LogP contribution in [0.15, 0.2) is 0 Å². The predicted octanol–water partition coefficient (Wildman–Crippen LogP) is 1.70. The summed E-state index contributed by atoms with van der Waals surface area (Å²) in [5, 5.41) is 0. The van der Waals surface area contributed by atoms with Crippen LogP contribution in [0.2, 0.25) is 0 Å². The highest BCUT2D eigenvalue weighted by Crippen LogP contribution is 2.18. The summed E-state index contributed by atoms with van der Waals surface area (Å²) in [6, 6.07) is 0. The Morgan fingerprint density at radius 3 is 1.69 bits per heavy atom. The van der Waals surface area contributed by atoms with Crippen LogP contribution in [0.1, 0.15) is 34.6 Å². The van der Waals surface area contributed by atoms with Crippen molar-refractivity contribution >= 4 is 10.0 Å². The lowest BCUT2D eigenvalue weighted by atomic mass is 10.0. The van der Waals surface area contributed by atoms with E-state index in [4.69, 9.17) is 0 Å². The number of nitrogens with zero attached hydrogens (tertiary/aromatic N) is 1. The van der Waals surface area contributed by atoms with Crippen molar-refractivity contribution < 1.29 is 8.42 Å². The molecule has 0 N–H and O–H groups in total. The summed E-state index contributed by atoms with van der Waals surface area (Å²) in [5.74, 6) is 0.224. The highest BCUT2D eigenvalue weighted by molar-refractivity contribution is 7.89. The number of hydrogen-bond donors (Lipinski definition) is 0. The molecule has 0 aromatic heterocycles. The molecule has 0 rings (SSSR count). The summed E-state index contributed by atoms with van der Waals surface area (Å²) < 4.78 is 25.0. The molecule has 0 heterocycles. The minimum Gasteiger partial charge on any atom is -0.212 e. The van der Waals surface area contributed by atoms with Gasteiger partial charge in [0.1, 0.15) is 0 Å². The van der Waals surface area contributed by atoms with Crippen LogP contribution in [-0.4, -0.2) is 31.6 Å². The maximum atomic E-state index is 11.7. The molecule has 0 spiro atoms. The van der Waals surface area contributed by atoms with Gasteiger partial charge in [-0.15, -0.1) is 0 Å². The molecule has 0 amide bonds. The lowest BCUT2D eigenvalue weighted by Gasteiger charge is -2.24. The fourth-order valence-electron chi connectivity index (χ4n) is 1.26. The van der Waals surface area contributed by atoms with Crippen LogP contribution >= 0.6 is 0 Å². The fourth-order valence-corrected chi connectivity index (χ4v) is 3.32. The Bertz CT molecular complexity index is 235. The summed E-state index contributed by atoms with van der Waals surface area (Å²) >= 11 is 0. The van der Waals surface area contributed by atoms with Crippen LogP contribution in [0, 0.1) is 5.41 Å². The van der Waals surface area contributed by atoms with Crippen LogP contribution in [0.3, 0.4) is 0 Å². The minimum absolute atomic E-state index is 0.165. The zero-order valence-electron chi connectivity index (χ0n) is 9.29. The number of sulfonamides is 1. The Morgan fingerprint density at radius 1 is 1.08 bits per heavy atom. The zero-order chi connectivity index (χ0) is 10.7. The molecule has 0 unspecified atom stereocenters. The Hall–Kier alpha value is -0.0900. The maximum absolute atomic E-state index is 11.7. The summed E-state index contributed by atoms with van der Waals surface area (Å²) in [6.45, 7) is 10.7. The SMILES string of the molecule is CCN(CC)S(=O)(=O)CC(C)(C)C. The molecule has 80 valence electrons.